The molecule has 2 aliphatic rings. The summed E-state index contributed by atoms with van der Waals surface area (Å²) in [4.78, 5) is 11.3. The maximum atomic E-state index is 16.6. The quantitative estimate of drug-likeness (QED) is 0.281. The molecule has 0 aliphatic carbocycles. The number of anilines is 1. The van der Waals surface area contributed by atoms with Gasteiger partial charge in [0.15, 0.2) is 5.82 Å². The van der Waals surface area contributed by atoms with E-state index in [1.165, 1.54) is 31.4 Å². The average molecular weight is 521 g/mol. The summed E-state index contributed by atoms with van der Waals surface area (Å²) in [6, 6.07) is 6.09. The minimum atomic E-state index is -0.684. The second-order valence-corrected chi connectivity index (χ2v) is 9.94. The molecule has 2 aromatic carbocycles. The van der Waals surface area contributed by atoms with Crippen LogP contribution in [0.4, 0.5) is 14.6 Å². The highest BCUT2D eigenvalue weighted by molar-refractivity contribution is 6.31. The first-order valence-corrected chi connectivity index (χ1v) is 12.3. The summed E-state index contributed by atoms with van der Waals surface area (Å²) in [5, 5.41) is 15.5. The van der Waals surface area contributed by atoms with Crippen LogP contribution in [0.25, 0.3) is 32.8 Å². The van der Waals surface area contributed by atoms with Crippen LogP contribution in [0.3, 0.4) is 0 Å². The molecule has 0 spiro atoms. The fourth-order valence-electron chi connectivity index (χ4n) is 5.71. The van der Waals surface area contributed by atoms with Crippen LogP contribution < -0.4 is 15.0 Å². The number of rotatable bonds is 3. The monoisotopic (exact) mass is 520 g/mol. The van der Waals surface area contributed by atoms with E-state index in [2.05, 4.69) is 26.1 Å². The van der Waals surface area contributed by atoms with Crippen LogP contribution in [0.1, 0.15) is 24.0 Å². The average Bonchev–Trinajstić information content (AvgIpc) is 3.23. The van der Waals surface area contributed by atoms with Crippen LogP contribution in [-0.4, -0.2) is 47.4 Å². The van der Waals surface area contributed by atoms with Crippen molar-refractivity contribution in [2.24, 2.45) is 0 Å². The lowest BCUT2D eigenvalue weighted by Gasteiger charge is -2.34. The minimum Gasteiger partial charge on any atom is -0.508 e. The number of piperazine rings is 1. The standard InChI is InChI=1S/C28H23ClF2N4O2/c1-4-18-20(30)8-5-14-9-17(36)10-19(22(14)18)25-24(31)21-13(2)26(29)34-27(23(21)28(33-25)37-3)35-11-15-6-7-16(12-35)32-15/h1,5,8-10,15-16,32,36H,6-7,11-12H2,2-3H3. The third-order valence-corrected chi connectivity index (χ3v) is 7.75. The molecule has 6 nitrogen and oxygen atoms in total. The van der Waals surface area contributed by atoms with Crippen molar-refractivity contribution in [3.63, 3.8) is 0 Å². The highest BCUT2D eigenvalue weighted by Gasteiger charge is 2.35. The molecule has 2 unspecified atom stereocenters. The molecule has 2 atom stereocenters. The van der Waals surface area contributed by atoms with Gasteiger partial charge in [-0.05, 0) is 48.9 Å². The van der Waals surface area contributed by atoms with E-state index in [9.17, 15) is 9.50 Å². The van der Waals surface area contributed by atoms with Crippen LogP contribution in [0, 0.1) is 30.9 Å². The molecule has 2 aromatic heterocycles. The Kier molecular flexibility index (Phi) is 5.59. The van der Waals surface area contributed by atoms with Gasteiger partial charge in [0.25, 0.3) is 0 Å². The van der Waals surface area contributed by atoms with Gasteiger partial charge in [-0.1, -0.05) is 23.6 Å². The van der Waals surface area contributed by atoms with Crippen molar-refractivity contribution in [2.75, 3.05) is 25.1 Å². The summed E-state index contributed by atoms with van der Waals surface area (Å²) >= 11 is 6.56. The number of fused-ring (bicyclic) bond motifs is 4. The van der Waals surface area contributed by atoms with Gasteiger partial charge in [-0.2, -0.15) is 0 Å². The number of nitrogens with one attached hydrogen (secondary N) is 1. The molecule has 0 radical (unpaired) electrons. The number of halogens is 3. The van der Waals surface area contributed by atoms with E-state index in [0.717, 1.165) is 12.8 Å². The number of phenolic OH excluding ortho intramolecular Hbond substituents is 1. The predicted molar refractivity (Wildman–Crippen MR) is 140 cm³/mol. The van der Waals surface area contributed by atoms with Crippen molar-refractivity contribution < 1.29 is 18.6 Å². The number of nitrogens with zero attached hydrogens (tertiary/aromatic N) is 3. The summed E-state index contributed by atoms with van der Waals surface area (Å²) in [6.07, 6.45) is 7.75. The summed E-state index contributed by atoms with van der Waals surface area (Å²) < 4.78 is 36.9. The Bertz CT molecular complexity index is 1640. The summed E-state index contributed by atoms with van der Waals surface area (Å²) in [6.45, 7) is 3.08. The molecule has 2 aliphatic heterocycles. The predicted octanol–water partition coefficient (Wildman–Crippen LogP) is 5.33. The van der Waals surface area contributed by atoms with E-state index < -0.39 is 11.6 Å². The van der Waals surface area contributed by atoms with Crippen molar-refractivity contribution >= 4 is 39.0 Å². The van der Waals surface area contributed by atoms with E-state index in [4.69, 9.17) is 22.8 Å². The lowest BCUT2D eigenvalue weighted by atomic mass is 9.94. The fourth-order valence-corrected chi connectivity index (χ4v) is 5.89. The molecule has 2 bridgehead atoms. The normalized spacial score (nSPS) is 19.0. The third kappa shape index (κ3) is 3.64. The zero-order valence-corrected chi connectivity index (χ0v) is 21.0. The van der Waals surface area contributed by atoms with Gasteiger partial charge in [-0.15, -0.1) is 6.42 Å². The number of benzene rings is 2. The number of terminal acetylenes is 1. The number of hydrogen-bond donors (Lipinski definition) is 2. The Morgan fingerprint density at radius 3 is 2.54 bits per heavy atom. The lowest BCUT2D eigenvalue weighted by Crippen LogP contribution is -2.51. The topological polar surface area (TPSA) is 70.5 Å². The van der Waals surface area contributed by atoms with Gasteiger partial charge < -0.3 is 20.1 Å². The van der Waals surface area contributed by atoms with Crippen LogP contribution in [0.15, 0.2) is 24.3 Å². The number of pyridine rings is 2. The third-order valence-electron chi connectivity index (χ3n) is 7.38. The van der Waals surface area contributed by atoms with Crippen molar-refractivity contribution in [1.29, 1.82) is 0 Å². The largest absolute Gasteiger partial charge is 0.508 e. The number of hydrogen-bond acceptors (Lipinski definition) is 6. The van der Waals surface area contributed by atoms with Crippen LogP contribution in [0.2, 0.25) is 5.15 Å². The van der Waals surface area contributed by atoms with Crippen LogP contribution >= 0.6 is 11.6 Å². The first kappa shape index (κ1) is 23.7. The Labute approximate surface area is 217 Å². The molecule has 188 valence electrons. The van der Waals surface area contributed by atoms with Crippen molar-refractivity contribution in [3.05, 3.63) is 52.2 Å². The first-order valence-electron chi connectivity index (χ1n) is 12.0. The van der Waals surface area contributed by atoms with E-state index in [1.807, 2.05) is 0 Å². The van der Waals surface area contributed by atoms with Gasteiger partial charge in [0.05, 0.1) is 18.1 Å². The van der Waals surface area contributed by atoms with Crippen molar-refractivity contribution in [3.8, 4) is 35.2 Å². The second-order valence-electron chi connectivity index (χ2n) is 9.59. The van der Waals surface area contributed by atoms with Crippen LogP contribution in [0.5, 0.6) is 11.6 Å². The van der Waals surface area contributed by atoms with Gasteiger partial charge in [-0.25, -0.2) is 18.7 Å². The van der Waals surface area contributed by atoms with E-state index in [0.29, 0.717) is 47.3 Å². The number of ether oxygens (including phenoxy) is 1. The summed E-state index contributed by atoms with van der Waals surface area (Å²) in [7, 11) is 1.45. The Morgan fingerprint density at radius 1 is 1.14 bits per heavy atom. The maximum absolute atomic E-state index is 16.6. The molecule has 2 fully saturated rings. The molecular weight excluding hydrogens is 498 g/mol. The molecule has 0 saturated carbocycles. The number of aryl methyl sites for hydroxylation is 1. The molecule has 4 aromatic rings. The van der Waals surface area contributed by atoms with Gasteiger partial charge in [0, 0.05) is 41.5 Å². The maximum Gasteiger partial charge on any atom is 0.225 e. The SMILES string of the molecule is C#Cc1c(F)ccc2cc(O)cc(-c3nc(OC)c4c(N5CC6CCC(C5)N6)nc(Cl)c(C)c4c3F)c12. The molecule has 37 heavy (non-hydrogen) atoms. The number of aromatic nitrogens is 2. The first-order chi connectivity index (χ1) is 17.8. The van der Waals surface area contributed by atoms with Crippen molar-refractivity contribution in [1.82, 2.24) is 15.3 Å². The Balaban J connectivity index is 1.68. The van der Waals surface area contributed by atoms with Gasteiger partial charge in [0.1, 0.15) is 28.2 Å². The van der Waals surface area contributed by atoms with E-state index in [-0.39, 0.29) is 44.4 Å². The van der Waals surface area contributed by atoms with Gasteiger partial charge >= 0.3 is 0 Å². The fraction of sp³-hybridized carbons (Fsp3) is 0.286. The molecule has 2 saturated heterocycles. The van der Waals surface area contributed by atoms with Gasteiger partial charge in [0.2, 0.25) is 5.88 Å². The number of methoxy groups -OCH3 is 1. The summed E-state index contributed by atoms with van der Waals surface area (Å²) in [5.41, 5.74) is 0.387. The van der Waals surface area contributed by atoms with E-state index >= 15 is 4.39 Å². The number of phenols is 1. The number of aromatic hydroxyl groups is 1. The van der Waals surface area contributed by atoms with E-state index in [1.54, 1.807) is 6.92 Å². The molecule has 9 heteroatoms. The second kappa shape index (κ2) is 8.72. The molecule has 2 N–H and O–H groups in total. The lowest BCUT2D eigenvalue weighted by molar-refractivity contribution is 0.402. The zero-order valence-electron chi connectivity index (χ0n) is 20.2. The molecule has 4 heterocycles. The molecule has 6 rings (SSSR count). The molecule has 0 amide bonds. The van der Waals surface area contributed by atoms with Gasteiger partial charge in [-0.3, -0.25) is 0 Å². The van der Waals surface area contributed by atoms with Crippen molar-refractivity contribution in [2.45, 2.75) is 31.8 Å². The highest BCUT2D eigenvalue weighted by Crippen LogP contribution is 2.44. The molecular formula is C28H23ClF2N4O2. The van der Waals surface area contributed by atoms with Crippen LogP contribution in [-0.2, 0) is 0 Å². The summed E-state index contributed by atoms with van der Waals surface area (Å²) in [5.74, 6) is 1.56. The zero-order chi connectivity index (χ0) is 26.0. The Morgan fingerprint density at radius 2 is 1.86 bits per heavy atom. The smallest absolute Gasteiger partial charge is 0.225 e. The minimum absolute atomic E-state index is 0.0470. The Hall–Kier alpha value is -3.67. The highest BCUT2D eigenvalue weighted by atomic mass is 35.5.